The van der Waals surface area contributed by atoms with Crippen LogP contribution in [0, 0.1) is 34.5 Å². The van der Waals surface area contributed by atoms with Gasteiger partial charge in [0.25, 0.3) is 0 Å². The van der Waals surface area contributed by atoms with Gasteiger partial charge >= 0.3 is 11.9 Å². The number of ether oxygens (including phenoxy) is 2. The number of carbonyl (C=O) groups is 2. The molecule has 6 atom stereocenters. The van der Waals surface area contributed by atoms with Crippen LogP contribution < -0.4 is 0 Å². The topological polar surface area (TPSA) is 77.3 Å². The third-order valence-electron chi connectivity index (χ3n) is 10.4. The second-order valence-corrected chi connectivity index (χ2v) is 15.2. The first-order chi connectivity index (χ1) is 19.9. The summed E-state index contributed by atoms with van der Waals surface area (Å²) >= 11 is 0. The molecule has 0 aliphatic heterocycles. The first kappa shape index (κ1) is 36.9. The van der Waals surface area contributed by atoms with E-state index in [0.717, 1.165) is 48.9 Å². The number of nitrogens with zero attached hydrogens (tertiary/aromatic N) is 2. The third kappa shape index (κ3) is 11.6. The standard InChI is InChI=1S/C37H62N2O4/c1-24(2)34(40)42-19-17-36(9,10)28(7)38-32-15-13-30(21-26(32)5)23-31-14-16-33(27(6)22-31)39-29(8)37(11,12)18-20-43-35(41)25(3)4/h26-27,30-33H,1,3,13-23H2,2,4-12H3/b38-28+,39-29+. The van der Waals surface area contributed by atoms with E-state index in [2.05, 4.69) is 68.5 Å². The maximum atomic E-state index is 11.7. The van der Waals surface area contributed by atoms with Crippen LogP contribution in [0.3, 0.4) is 0 Å². The zero-order chi connectivity index (χ0) is 32.5. The number of hydrogen-bond acceptors (Lipinski definition) is 6. The zero-order valence-corrected chi connectivity index (χ0v) is 29.2. The van der Waals surface area contributed by atoms with E-state index < -0.39 is 0 Å². The Morgan fingerprint density at radius 1 is 0.674 bits per heavy atom. The first-order valence-electron chi connectivity index (χ1n) is 16.7. The fourth-order valence-electron chi connectivity index (χ4n) is 6.52. The maximum Gasteiger partial charge on any atom is 0.333 e. The van der Waals surface area contributed by atoms with E-state index in [4.69, 9.17) is 19.5 Å². The van der Waals surface area contributed by atoms with Gasteiger partial charge in [-0.15, -0.1) is 0 Å². The molecule has 43 heavy (non-hydrogen) atoms. The predicted octanol–water partition coefficient (Wildman–Crippen LogP) is 8.98. The van der Waals surface area contributed by atoms with Gasteiger partial charge in [-0.25, -0.2) is 9.59 Å². The average molecular weight is 599 g/mol. The van der Waals surface area contributed by atoms with Gasteiger partial charge in [-0.1, -0.05) is 54.7 Å². The van der Waals surface area contributed by atoms with E-state index in [1.54, 1.807) is 13.8 Å². The molecule has 6 unspecified atom stereocenters. The van der Waals surface area contributed by atoms with Crippen LogP contribution in [0.25, 0.3) is 0 Å². The Kier molecular flexibility index (Phi) is 13.9. The summed E-state index contributed by atoms with van der Waals surface area (Å²) in [4.78, 5) is 33.9. The monoisotopic (exact) mass is 598 g/mol. The normalized spacial score (nSPS) is 27.4. The molecular weight excluding hydrogens is 536 g/mol. The van der Waals surface area contributed by atoms with Crippen molar-refractivity contribution in [2.24, 2.45) is 44.5 Å². The third-order valence-corrected chi connectivity index (χ3v) is 10.4. The average Bonchev–Trinajstić information content (AvgIpc) is 2.91. The lowest BCUT2D eigenvalue weighted by atomic mass is 9.70. The molecule has 0 heterocycles. The van der Waals surface area contributed by atoms with Crippen molar-refractivity contribution >= 4 is 23.4 Å². The van der Waals surface area contributed by atoms with Crippen LogP contribution in [0.1, 0.15) is 127 Å². The minimum Gasteiger partial charge on any atom is -0.462 e. The summed E-state index contributed by atoms with van der Waals surface area (Å²) < 4.78 is 10.7. The van der Waals surface area contributed by atoms with Crippen molar-refractivity contribution in [3.05, 3.63) is 24.3 Å². The number of esters is 2. The van der Waals surface area contributed by atoms with Crippen LogP contribution in [0.4, 0.5) is 0 Å². The zero-order valence-electron chi connectivity index (χ0n) is 29.2. The first-order valence-corrected chi connectivity index (χ1v) is 16.7. The molecule has 2 rings (SSSR count). The van der Waals surface area contributed by atoms with Gasteiger partial charge in [0.2, 0.25) is 0 Å². The summed E-state index contributed by atoms with van der Waals surface area (Å²) in [6.45, 7) is 29.3. The molecule has 6 nitrogen and oxygen atoms in total. The van der Waals surface area contributed by atoms with E-state index in [0.29, 0.717) is 48.3 Å². The van der Waals surface area contributed by atoms with Crippen molar-refractivity contribution in [2.75, 3.05) is 13.2 Å². The second kappa shape index (κ2) is 16.2. The van der Waals surface area contributed by atoms with E-state index in [-0.39, 0.29) is 22.8 Å². The van der Waals surface area contributed by atoms with Crippen molar-refractivity contribution < 1.29 is 19.1 Å². The fourth-order valence-corrected chi connectivity index (χ4v) is 6.52. The summed E-state index contributed by atoms with van der Waals surface area (Å²) in [5.41, 5.74) is 3.00. The highest BCUT2D eigenvalue weighted by Gasteiger charge is 2.34. The highest BCUT2D eigenvalue weighted by Crippen LogP contribution is 2.41. The van der Waals surface area contributed by atoms with Crippen LogP contribution in [0.5, 0.6) is 0 Å². The fraction of sp³-hybridized carbons (Fsp3) is 0.784. The van der Waals surface area contributed by atoms with Crippen molar-refractivity contribution in [3.63, 3.8) is 0 Å². The van der Waals surface area contributed by atoms with E-state index in [1.807, 2.05) is 0 Å². The summed E-state index contributed by atoms with van der Waals surface area (Å²) in [6.07, 6.45) is 10.2. The minimum absolute atomic E-state index is 0.103. The Bertz CT molecular complexity index is 971. The molecule has 0 saturated heterocycles. The predicted molar refractivity (Wildman–Crippen MR) is 180 cm³/mol. The molecule has 0 aromatic rings. The minimum atomic E-state index is -0.317. The molecule has 0 aromatic carbocycles. The van der Waals surface area contributed by atoms with Crippen molar-refractivity contribution in [1.82, 2.24) is 0 Å². The molecule has 2 aliphatic rings. The van der Waals surface area contributed by atoms with Gasteiger partial charge in [-0.3, -0.25) is 9.98 Å². The lowest BCUT2D eigenvalue weighted by Crippen LogP contribution is -2.33. The Morgan fingerprint density at radius 2 is 1.02 bits per heavy atom. The number of carbonyl (C=O) groups excluding carboxylic acids is 2. The smallest absolute Gasteiger partial charge is 0.333 e. The molecule has 244 valence electrons. The van der Waals surface area contributed by atoms with E-state index in [9.17, 15) is 9.59 Å². The van der Waals surface area contributed by atoms with Crippen LogP contribution in [-0.2, 0) is 19.1 Å². The molecule has 0 radical (unpaired) electrons. The van der Waals surface area contributed by atoms with Gasteiger partial charge in [-0.2, -0.15) is 0 Å². The van der Waals surface area contributed by atoms with Gasteiger partial charge < -0.3 is 9.47 Å². The summed E-state index contributed by atoms with van der Waals surface area (Å²) in [6, 6.07) is 0.765. The molecule has 0 bridgehead atoms. The Labute approximate surface area is 263 Å². The van der Waals surface area contributed by atoms with Gasteiger partial charge in [0.1, 0.15) is 0 Å². The molecule has 2 saturated carbocycles. The quantitative estimate of drug-likeness (QED) is 0.114. The van der Waals surface area contributed by atoms with Crippen LogP contribution in [0.15, 0.2) is 34.3 Å². The Hall–Kier alpha value is -2.24. The molecule has 0 amide bonds. The van der Waals surface area contributed by atoms with Crippen LogP contribution >= 0.6 is 0 Å². The Balaban J connectivity index is 1.84. The molecule has 2 fully saturated rings. The van der Waals surface area contributed by atoms with Crippen molar-refractivity contribution in [3.8, 4) is 0 Å². The van der Waals surface area contributed by atoms with Crippen LogP contribution in [-0.4, -0.2) is 48.7 Å². The highest BCUT2D eigenvalue weighted by atomic mass is 16.5. The van der Waals surface area contributed by atoms with Crippen molar-refractivity contribution in [2.45, 2.75) is 139 Å². The summed E-state index contributed by atoms with van der Waals surface area (Å²) in [5, 5.41) is 0. The van der Waals surface area contributed by atoms with Crippen molar-refractivity contribution in [1.29, 1.82) is 0 Å². The molecular formula is C37H62N2O4. The lowest BCUT2D eigenvalue weighted by molar-refractivity contribution is -0.140. The van der Waals surface area contributed by atoms with E-state index in [1.165, 1.54) is 32.1 Å². The SMILES string of the molecule is C=C(C)C(=O)OCCC(C)(C)/C(C)=N/C1CCC(CC2CCC(/N=C(\C)C(C)(C)CCOC(=O)C(=C)C)C(C)C2)CC1C. The molecule has 0 aromatic heterocycles. The van der Waals surface area contributed by atoms with Gasteiger partial charge in [0.15, 0.2) is 0 Å². The molecule has 2 aliphatic carbocycles. The molecule has 0 spiro atoms. The second-order valence-electron chi connectivity index (χ2n) is 15.2. The van der Waals surface area contributed by atoms with Gasteiger partial charge in [0.05, 0.1) is 25.3 Å². The summed E-state index contributed by atoms with van der Waals surface area (Å²) in [7, 11) is 0. The van der Waals surface area contributed by atoms with Crippen LogP contribution in [0.2, 0.25) is 0 Å². The molecule has 6 heteroatoms. The summed E-state index contributed by atoms with van der Waals surface area (Å²) in [5.74, 6) is 2.12. The number of hydrogen-bond donors (Lipinski definition) is 0. The lowest BCUT2D eigenvalue weighted by Gasteiger charge is -2.38. The van der Waals surface area contributed by atoms with E-state index >= 15 is 0 Å². The number of aliphatic imine (C=N–C) groups is 2. The Morgan fingerprint density at radius 3 is 1.33 bits per heavy atom. The highest BCUT2D eigenvalue weighted by molar-refractivity contribution is 5.89. The molecule has 0 N–H and O–H groups in total. The van der Waals surface area contributed by atoms with Gasteiger partial charge in [0, 0.05) is 33.4 Å². The maximum absolute atomic E-state index is 11.7. The largest absolute Gasteiger partial charge is 0.462 e. The number of rotatable bonds is 14. The van der Waals surface area contributed by atoms with Gasteiger partial charge in [-0.05, 0) is 109 Å².